The molecule has 0 saturated heterocycles. The summed E-state index contributed by atoms with van der Waals surface area (Å²) in [4.78, 5) is 10.4. The van der Waals surface area contributed by atoms with Gasteiger partial charge in [-0.25, -0.2) is 22.0 Å². The fraction of sp³-hybridized carbons (Fsp3) is 0.300. The van der Waals surface area contributed by atoms with Crippen LogP contribution in [-0.4, -0.2) is 40.3 Å². The molecule has 118 valence electrons. The van der Waals surface area contributed by atoms with E-state index < -0.39 is 31.3 Å². The van der Waals surface area contributed by atoms with Crippen LogP contribution in [-0.2, 0) is 24.8 Å². The Balaban J connectivity index is 3.33. The Morgan fingerprint density at radius 1 is 1.33 bits per heavy atom. The lowest BCUT2D eigenvalue weighted by atomic mass is 10.3. The number of primary sulfonamides is 1. The maximum atomic E-state index is 11.8. The minimum Gasteiger partial charge on any atom is -0.495 e. The number of nitrogens with two attached hydrogens (primary N) is 1. The molecule has 0 aliphatic rings. The summed E-state index contributed by atoms with van der Waals surface area (Å²) in [6, 6.07) is 3.27. The number of benzene rings is 1. The first-order chi connectivity index (χ1) is 9.49. The van der Waals surface area contributed by atoms with E-state index in [1.165, 1.54) is 13.2 Å². The lowest BCUT2D eigenvalue weighted by Gasteiger charge is -2.14. The number of hydrogen-bond acceptors (Lipinski definition) is 6. The normalized spacial score (nSPS) is 13.5. The summed E-state index contributed by atoms with van der Waals surface area (Å²) >= 11 is 0. The molecule has 0 aromatic heterocycles. The third-order valence-corrected chi connectivity index (χ3v) is 5.11. The summed E-state index contributed by atoms with van der Waals surface area (Å²) in [6.07, 6.45) is 0. The van der Waals surface area contributed by atoms with Gasteiger partial charge < -0.3 is 9.84 Å². The molecular weight excluding hydrogens is 324 g/mol. The van der Waals surface area contributed by atoms with Crippen LogP contribution in [0.1, 0.15) is 6.92 Å². The molecule has 21 heavy (non-hydrogen) atoms. The molecule has 1 atom stereocenters. The third-order valence-electron chi connectivity index (χ3n) is 2.56. The van der Waals surface area contributed by atoms with Crippen molar-refractivity contribution in [2.45, 2.75) is 17.1 Å². The van der Waals surface area contributed by atoms with Crippen LogP contribution >= 0.6 is 0 Å². The van der Waals surface area contributed by atoms with Crippen molar-refractivity contribution in [2.24, 2.45) is 5.14 Å². The highest BCUT2D eigenvalue weighted by atomic mass is 32.2. The highest BCUT2D eigenvalue weighted by Gasteiger charge is 2.28. The molecule has 1 aromatic rings. The average Bonchev–Trinajstić information content (AvgIpc) is 2.36. The topological polar surface area (TPSA) is 153 Å². The van der Waals surface area contributed by atoms with Crippen LogP contribution in [0.15, 0.2) is 23.1 Å². The minimum absolute atomic E-state index is 0.0172. The maximum absolute atomic E-state index is 11.8. The van der Waals surface area contributed by atoms with Crippen molar-refractivity contribution in [3.8, 4) is 5.75 Å². The Hall–Kier alpha value is -1.85. The quantitative estimate of drug-likeness (QED) is 0.635. The summed E-state index contributed by atoms with van der Waals surface area (Å²) in [6.45, 7) is 0.973. The Kier molecular flexibility index (Phi) is 4.81. The zero-order chi connectivity index (χ0) is 16.4. The van der Waals surface area contributed by atoms with Crippen LogP contribution in [0, 0.1) is 0 Å². The van der Waals surface area contributed by atoms with Crippen LogP contribution in [0.25, 0.3) is 0 Å². The molecule has 0 radical (unpaired) electrons. The van der Waals surface area contributed by atoms with Gasteiger partial charge in [-0.2, -0.15) is 0 Å². The number of carbonyl (C=O) groups is 1. The smallest absolute Gasteiger partial charge is 0.323 e. The molecular formula is C10H14N2O7S2. The van der Waals surface area contributed by atoms with E-state index in [4.69, 9.17) is 15.0 Å². The summed E-state index contributed by atoms with van der Waals surface area (Å²) in [7, 11) is -7.08. The number of aliphatic carboxylic acids is 1. The van der Waals surface area contributed by atoms with Gasteiger partial charge in [-0.05, 0) is 25.1 Å². The molecule has 0 amide bonds. The van der Waals surface area contributed by atoms with Crippen LogP contribution in [0.4, 0.5) is 5.69 Å². The summed E-state index contributed by atoms with van der Waals surface area (Å²) in [5, 5.41) is 12.0. The van der Waals surface area contributed by atoms with E-state index in [1.807, 2.05) is 4.72 Å². The second-order valence-electron chi connectivity index (χ2n) is 4.03. The van der Waals surface area contributed by atoms with Gasteiger partial charge >= 0.3 is 5.97 Å². The second kappa shape index (κ2) is 5.87. The first-order valence-electron chi connectivity index (χ1n) is 5.44. The molecule has 1 rings (SSSR count). The standard InChI is InChI=1S/C10H14N2O7S2/c1-6(10(13)14)21(17,18)12-8-5-7(20(11,15)16)3-4-9(8)19-2/h3-6,12H,1-2H3,(H,13,14)(H2,11,15,16). The molecule has 0 saturated carbocycles. The number of anilines is 1. The Bertz CT molecular complexity index is 756. The highest BCUT2D eigenvalue weighted by Crippen LogP contribution is 2.28. The lowest BCUT2D eigenvalue weighted by Crippen LogP contribution is -2.32. The van der Waals surface area contributed by atoms with Crippen LogP contribution in [0.3, 0.4) is 0 Å². The predicted octanol–water partition coefficient (Wildman–Crippen LogP) is -0.443. The number of hydrogen-bond donors (Lipinski definition) is 3. The van der Waals surface area contributed by atoms with E-state index in [-0.39, 0.29) is 16.3 Å². The number of ether oxygens (including phenoxy) is 1. The van der Waals surface area contributed by atoms with Gasteiger partial charge in [0.1, 0.15) is 5.75 Å². The number of methoxy groups -OCH3 is 1. The molecule has 4 N–H and O–H groups in total. The van der Waals surface area contributed by atoms with E-state index in [0.29, 0.717) is 0 Å². The van der Waals surface area contributed by atoms with Gasteiger partial charge in [0.15, 0.2) is 5.25 Å². The number of sulfonamides is 2. The van der Waals surface area contributed by atoms with Crippen LogP contribution in [0.5, 0.6) is 5.75 Å². The van der Waals surface area contributed by atoms with Gasteiger partial charge in [-0.1, -0.05) is 0 Å². The van der Waals surface area contributed by atoms with E-state index in [1.54, 1.807) is 0 Å². The van der Waals surface area contributed by atoms with E-state index in [9.17, 15) is 21.6 Å². The molecule has 1 aromatic carbocycles. The van der Waals surface area contributed by atoms with E-state index in [0.717, 1.165) is 19.1 Å². The van der Waals surface area contributed by atoms with Gasteiger partial charge in [0.2, 0.25) is 20.0 Å². The number of carboxylic acids is 1. The maximum Gasteiger partial charge on any atom is 0.323 e. The first-order valence-corrected chi connectivity index (χ1v) is 8.53. The highest BCUT2D eigenvalue weighted by molar-refractivity contribution is 7.94. The fourth-order valence-electron chi connectivity index (χ4n) is 1.32. The zero-order valence-electron chi connectivity index (χ0n) is 11.1. The molecule has 0 aliphatic carbocycles. The molecule has 11 heteroatoms. The zero-order valence-corrected chi connectivity index (χ0v) is 12.7. The number of rotatable bonds is 6. The van der Waals surface area contributed by atoms with E-state index in [2.05, 4.69) is 0 Å². The summed E-state index contributed by atoms with van der Waals surface area (Å²) < 4.78 is 53.1. The summed E-state index contributed by atoms with van der Waals surface area (Å²) in [5.41, 5.74) is -0.225. The molecule has 0 fully saturated rings. The van der Waals surface area contributed by atoms with Crippen molar-refractivity contribution in [1.82, 2.24) is 0 Å². The molecule has 0 aliphatic heterocycles. The molecule has 0 spiro atoms. The van der Waals surface area contributed by atoms with Crippen molar-refractivity contribution >= 4 is 31.7 Å². The van der Waals surface area contributed by atoms with Crippen LogP contribution in [0.2, 0.25) is 0 Å². The van der Waals surface area contributed by atoms with Crippen molar-refractivity contribution < 1.29 is 31.5 Å². The monoisotopic (exact) mass is 338 g/mol. The van der Waals surface area contributed by atoms with Gasteiger partial charge in [-0.3, -0.25) is 9.52 Å². The predicted molar refractivity (Wildman–Crippen MR) is 74.0 cm³/mol. The number of carboxylic acid groups (broad SMARTS) is 1. The largest absolute Gasteiger partial charge is 0.495 e. The average molecular weight is 338 g/mol. The minimum atomic E-state index is -4.27. The Morgan fingerprint density at radius 3 is 2.33 bits per heavy atom. The molecule has 9 nitrogen and oxygen atoms in total. The fourth-order valence-corrected chi connectivity index (χ4v) is 2.77. The third kappa shape index (κ3) is 4.06. The van der Waals surface area contributed by atoms with Crippen LogP contribution < -0.4 is 14.6 Å². The molecule has 1 unspecified atom stereocenters. The van der Waals surface area contributed by atoms with Gasteiger partial charge in [0.25, 0.3) is 0 Å². The molecule has 0 bridgehead atoms. The van der Waals surface area contributed by atoms with Gasteiger partial charge in [-0.15, -0.1) is 0 Å². The van der Waals surface area contributed by atoms with Crippen molar-refractivity contribution in [3.63, 3.8) is 0 Å². The van der Waals surface area contributed by atoms with Gasteiger partial charge in [0, 0.05) is 0 Å². The Morgan fingerprint density at radius 2 is 1.90 bits per heavy atom. The van der Waals surface area contributed by atoms with Crippen molar-refractivity contribution in [1.29, 1.82) is 0 Å². The van der Waals surface area contributed by atoms with Gasteiger partial charge in [0.05, 0.1) is 17.7 Å². The SMILES string of the molecule is COc1ccc(S(N)(=O)=O)cc1NS(=O)(=O)C(C)C(=O)O. The molecule has 0 heterocycles. The lowest BCUT2D eigenvalue weighted by molar-refractivity contribution is -0.136. The number of nitrogens with one attached hydrogen (secondary N) is 1. The van der Waals surface area contributed by atoms with Crippen molar-refractivity contribution in [3.05, 3.63) is 18.2 Å². The van der Waals surface area contributed by atoms with E-state index >= 15 is 0 Å². The second-order valence-corrected chi connectivity index (χ2v) is 7.60. The first kappa shape index (κ1) is 17.2. The summed E-state index contributed by atoms with van der Waals surface area (Å²) in [5.74, 6) is -1.53. The van der Waals surface area contributed by atoms with Crippen molar-refractivity contribution in [2.75, 3.05) is 11.8 Å². The Labute approximate surface area is 121 Å².